The van der Waals surface area contributed by atoms with Gasteiger partial charge in [-0.25, -0.2) is 8.42 Å². The summed E-state index contributed by atoms with van der Waals surface area (Å²) in [5.74, 6) is -0.815. The molecule has 0 aromatic heterocycles. The van der Waals surface area contributed by atoms with Crippen LogP contribution < -0.4 is 5.32 Å². The van der Waals surface area contributed by atoms with Crippen LogP contribution in [0.25, 0.3) is 0 Å². The van der Waals surface area contributed by atoms with Gasteiger partial charge in [0.25, 0.3) is 5.91 Å². The maximum absolute atomic E-state index is 12.8. The van der Waals surface area contributed by atoms with E-state index in [1.165, 1.54) is 28.6 Å². The van der Waals surface area contributed by atoms with Crippen molar-refractivity contribution < 1.29 is 26.4 Å². The average Bonchev–Trinajstić information content (AvgIpc) is 3.17. The second-order valence-corrected chi connectivity index (χ2v) is 8.05. The molecule has 1 aliphatic heterocycles. The van der Waals surface area contributed by atoms with Gasteiger partial charge in [-0.15, -0.1) is 0 Å². The zero-order valence-corrected chi connectivity index (χ0v) is 15.0. The highest BCUT2D eigenvalue weighted by Gasteiger charge is 2.32. The summed E-state index contributed by atoms with van der Waals surface area (Å²) in [5.41, 5.74) is -1.13. The third kappa shape index (κ3) is 4.14. The Labute approximate surface area is 154 Å². The lowest BCUT2D eigenvalue weighted by Gasteiger charge is -2.18. The van der Waals surface area contributed by atoms with E-state index < -0.39 is 27.7 Å². The van der Waals surface area contributed by atoms with Gasteiger partial charge in [-0.1, -0.05) is 18.2 Å². The van der Waals surface area contributed by atoms with Crippen molar-refractivity contribution in [1.29, 1.82) is 0 Å². The quantitative estimate of drug-likeness (QED) is 0.853. The number of carbonyl (C=O) groups is 1. The number of para-hydroxylation sites is 1. The number of rotatable bonds is 4. The van der Waals surface area contributed by atoms with Crippen molar-refractivity contribution in [3.8, 4) is 0 Å². The first-order valence-corrected chi connectivity index (χ1v) is 9.71. The molecule has 1 amide bonds. The Kier molecular flexibility index (Phi) is 5.25. The molecular weight excluding hydrogens is 381 g/mol. The number of nitrogens with one attached hydrogen (secondary N) is 1. The van der Waals surface area contributed by atoms with Gasteiger partial charge in [0.05, 0.1) is 11.3 Å². The fourth-order valence-corrected chi connectivity index (χ4v) is 4.56. The lowest BCUT2D eigenvalue weighted by Crippen LogP contribution is -2.29. The minimum Gasteiger partial charge on any atom is -0.321 e. The summed E-state index contributed by atoms with van der Waals surface area (Å²) >= 11 is 0. The molecule has 0 saturated carbocycles. The summed E-state index contributed by atoms with van der Waals surface area (Å²) in [6.45, 7) is 0.802. The first-order valence-electron chi connectivity index (χ1n) is 8.27. The minimum absolute atomic E-state index is 0.0341. The predicted octanol–water partition coefficient (Wildman–Crippen LogP) is 3.74. The molecule has 1 aliphatic rings. The normalized spacial score (nSPS) is 15.7. The van der Waals surface area contributed by atoms with E-state index in [0.717, 1.165) is 31.0 Å². The Morgan fingerprint density at radius 3 is 2.33 bits per heavy atom. The number of hydrogen-bond donors (Lipinski definition) is 1. The number of nitrogens with zero attached hydrogens (tertiary/aromatic N) is 1. The van der Waals surface area contributed by atoms with Gasteiger partial charge in [-0.2, -0.15) is 17.5 Å². The largest absolute Gasteiger partial charge is 0.416 e. The lowest BCUT2D eigenvalue weighted by molar-refractivity contribution is -0.137. The van der Waals surface area contributed by atoms with Crippen LogP contribution in [-0.4, -0.2) is 31.7 Å². The number of amides is 1. The molecule has 2 aromatic carbocycles. The topological polar surface area (TPSA) is 66.5 Å². The molecule has 0 bridgehead atoms. The molecule has 1 heterocycles. The Morgan fingerprint density at radius 1 is 1.00 bits per heavy atom. The van der Waals surface area contributed by atoms with Crippen LogP contribution in [0.1, 0.15) is 28.8 Å². The van der Waals surface area contributed by atoms with Gasteiger partial charge in [0.15, 0.2) is 0 Å². The molecule has 0 aliphatic carbocycles. The lowest BCUT2D eigenvalue weighted by atomic mass is 10.1. The predicted molar refractivity (Wildman–Crippen MR) is 93.8 cm³/mol. The molecular formula is C18H17F3N2O3S. The number of alkyl halides is 3. The van der Waals surface area contributed by atoms with Gasteiger partial charge >= 0.3 is 6.18 Å². The van der Waals surface area contributed by atoms with Crippen molar-refractivity contribution in [2.75, 3.05) is 18.4 Å². The van der Waals surface area contributed by atoms with Crippen molar-refractivity contribution >= 4 is 21.6 Å². The highest BCUT2D eigenvalue weighted by Crippen LogP contribution is 2.30. The Balaban J connectivity index is 1.90. The maximum Gasteiger partial charge on any atom is 0.416 e. The summed E-state index contributed by atoms with van der Waals surface area (Å²) in [6.07, 6.45) is -3.05. The van der Waals surface area contributed by atoms with E-state index in [9.17, 15) is 26.4 Å². The van der Waals surface area contributed by atoms with Crippen LogP contribution in [0.2, 0.25) is 0 Å². The molecule has 144 valence electrons. The molecule has 1 N–H and O–H groups in total. The zero-order valence-electron chi connectivity index (χ0n) is 14.2. The van der Waals surface area contributed by atoms with Crippen molar-refractivity contribution in [2.45, 2.75) is 23.9 Å². The van der Waals surface area contributed by atoms with E-state index in [2.05, 4.69) is 5.32 Å². The van der Waals surface area contributed by atoms with Crippen molar-refractivity contribution in [2.24, 2.45) is 0 Å². The highest BCUT2D eigenvalue weighted by atomic mass is 32.2. The van der Waals surface area contributed by atoms with Gasteiger partial charge in [0.2, 0.25) is 10.0 Å². The van der Waals surface area contributed by atoms with Crippen LogP contribution in [0.5, 0.6) is 0 Å². The smallest absolute Gasteiger partial charge is 0.321 e. The fraction of sp³-hybridized carbons (Fsp3) is 0.278. The number of benzene rings is 2. The van der Waals surface area contributed by atoms with Gasteiger partial charge in [0, 0.05) is 18.7 Å². The molecule has 5 nitrogen and oxygen atoms in total. The van der Waals surface area contributed by atoms with Crippen molar-refractivity contribution in [1.82, 2.24) is 4.31 Å². The second-order valence-electron chi connectivity index (χ2n) is 6.14. The number of hydrogen-bond acceptors (Lipinski definition) is 3. The van der Waals surface area contributed by atoms with Gasteiger partial charge < -0.3 is 5.32 Å². The van der Waals surface area contributed by atoms with Gasteiger partial charge in [-0.3, -0.25) is 4.79 Å². The summed E-state index contributed by atoms with van der Waals surface area (Å²) in [4.78, 5) is 12.3. The molecule has 0 spiro atoms. The number of sulfonamides is 1. The molecule has 0 unspecified atom stereocenters. The highest BCUT2D eigenvalue weighted by molar-refractivity contribution is 7.89. The van der Waals surface area contributed by atoms with Crippen LogP contribution in [0, 0.1) is 0 Å². The van der Waals surface area contributed by atoms with Crippen LogP contribution in [0.15, 0.2) is 53.4 Å². The number of carbonyl (C=O) groups excluding carboxylic acids is 1. The van der Waals surface area contributed by atoms with Gasteiger partial charge in [0.1, 0.15) is 4.90 Å². The monoisotopic (exact) mass is 398 g/mol. The zero-order chi connectivity index (χ0) is 19.7. The van der Waals surface area contributed by atoms with E-state index in [-0.39, 0.29) is 16.1 Å². The molecule has 27 heavy (non-hydrogen) atoms. The van der Waals surface area contributed by atoms with Crippen molar-refractivity contribution in [3.05, 3.63) is 59.7 Å². The van der Waals surface area contributed by atoms with E-state index in [4.69, 9.17) is 0 Å². The molecule has 3 rings (SSSR count). The Bertz CT molecular complexity index is 952. The molecule has 1 fully saturated rings. The Hall–Kier alpha value is -2.39. The van der Waals surface area contributed by atoms with E-state index in [0.29, 0.717) is 13.1 Å². The first-order chi connectivity index (χ1) is 12.7. The Morgan fingerprint density at radius 2 is 1.67 bits per heavy atom. The van der Waals surface area contributed by atoms with Crippen LogP contribution in [0.4, 0.5) is 18.9 Å². The standard InChI is InChI=1S/C18H17F3N2O3S/c19-18(20,21)14-7-5-6-13(12-14)17(24)22-15-8-1-2-9-16(15)27(25,26)23-10-3-4-11-23/h1-2,5-9,12H,3-4,10-11H2,(H,22,24). The van der Waals surface area contributed by atoms with Crippen LogP contribution in [0.3, 0.4) is 0 Å². The molecule has 2 aromatic rings. The van der Waals surface area contributed by atoms with E-state index >= 15 is 0 Å². The summed E-state index contributed by atoms with van der Waals surface area (Å²) in [5, 5.41) is 2.42. The second kappa shape index (κ2) is 7.32. The van der Waals surface area contributed by atoms with Crippen LogP contribution in [-0.2, 0) is 16.2 Å². The molecule has 0 atom stereocenters. The first kappa shape index (κ1) is 19.4. The molecule has 9 heteroatoms. The van der Waals surface area contributed by atoms with Gasteiger partial charge in [-0.05, 0) is 43.2 Å². The summed E-state index contributed by atoms with van der Waals surface area (Å²) in [6, 6.07) is 9.82. The molecule has 0 radical (unpaired) electrons. The number of halogens is 3. The van der Waals surface area contributed by atoms with E-state index in [1.807, 2.05) is 0 Å². The maximum atomic E-state index is 12.8. The average molecular weight is 398 g/mol. The third-order valence-corrected chi connectivity index (χ3v) is 6.23. The van der Waals surface area contributed by atoms with E-state index in [1.54, 1.807) is 6.07 Å². The summed E-state index contributed by atoms with van der Waals surface area (Å²) in [7, 11) is -3.79. The summed E-state index contributed by atoms with van der Waals surface area (Å²) < 4.78 is 65.4. The SMILES string of the molecule is O=C(Nc1ccccc1S(=O)(=O)N1CCCC1)c1cccc(C(F)(F)F)c1. The molecule has 1 saturated heterocycles. The number of anilines is 1. The van der Waals surface area contributed by atoms with Crippen LogP contribution >= 0.6 is 0 Å². The minimum atomic E-state index is -4.58. The fourth-order valence-electron chi connectivity index (χ4n) is 2.89. The van der Waals surface area contributed by atoms with Crippen molar-refractivity contribution in [3.63, 3.8) is 0 Å². The third-order valence-electron chi connectivity index (χ3n) is 4.27.